The van der Waals surface area contributed by atoms with Gasteiger partial charge in [0.1, 0.15) is 0 Å². The fraction of sp³-hybridized carbons (Fsp3) is 0.579. The summed E-state index contributed by atoms with van der Waals surface area (Å²) in [5.74, 6) is 0.213. The van der Waals surface area contributed by atoms with Crippen LogP contribution in [-0.2, 0) is 4.79 Å². The molecule has 1 aromatic rings. The largest absolute Gasteiger partial charge is 0.395 e. The monoisotopic (exact) mass is 362 g/mol. The number of nitrogens with zero attached hydrogens (tertiary/aromatic N) is 2. The van der Waals surface area contributed by atoms with Crippen molar-refractivity contribution in [3.63, 3.8) is 0 Å². The zero-order valence-corrected chi connectivity index (χ0v) is 15.6. The Hall–Kier alpha value is -1.53. The molecule has 0 bridgehead atoms. The number of β-amino-alcohol motifs (C(OH)–C–C–N with tert-alkyl or cyclic N) is 1. The van der Waals surface area contributed by atoms with E-state index >= 15 is 0 Å². The molecule has 25 heavy (non-hydrogen) atoms. The fourth-order valence-corrected chi connectivity index (χ4v) is 4.72. The fourth-order valence-electron chi connectivity index (χ4n) is 4.13. The number of thioether (sulfide) groups is 1. The third kappa shape index (κ3) is 3.85. The molecular formula is C19H26N2O3S. The normalized spacial score (nSPS) is 24.0. The number of hydrogen-bond acceptors (Lipinski definition) is 4. The summed E-state index contributed by atoms with van der Waals surface area (Å²) in [4.78, 5) is 29.9. The third-order valence-electron chi connectivity index (χ3n) is 5.40. The van der Waals surface area contributed by atoms with Crippen LogP contribution >= 0.6 is 11.8 Å². The molecule has 3 rings (SSSR count). The maximum absolute atomic E-state index is 13.1. The number of carbonyl (C=O) groups is 2. The molecule has 0 aromatic heterocycles. The van der Waals surface area contributed by atoms with Crippen LogP contribution in [0.25, 0.3) is 0 Å². The van der Waals surface area contributed by atoms with Gasteiger partial charge in [-0.2, -0.15) is 0 Å². The predicted octanol–water partition coefficient (Wildman–Crippen LogP) is 2.25. The zero-order chi connectivity index (χ0) is 17.9. The molecule has 2 aliphatic heterocycles. The summed E-state index contributed by atoms with van der Waals surface area (Å²) in [6.45, 7) is 2.51. The third-order valence-corrected chi connectivity index (χ3v) is 6.20. The van der Waals surface area contributed by atoms with Gasteiger partial charge in [-0.05, 0) is 37.7 Å². The van der Waals surface area contributed by atoms with Gasteiger partial charge in [0.25, 0.3) is 5.91 Å². The highest BCUT2D eigenvalue weighted by Gasteiger charge is 2.42. The average molecular weight is 362 g/mol. The molecule has 2 heterocycles. The summed E-state index contributed by atoms with van der Waals surface area (Å²) in [7, 11) is 0. The lowest BCUT2D eigenvalue weighted by Crippen LogP contribution is -2.55. The lowest BCUT2D eigenvalue weighted by Gasteiger charge is -2.48. The second-order valence-electron chi connectivity index (χ2n) is 7.07. The Morgan fingerprint density at radius 1 is 1.28 bits per heavy atom. The number of benzene rings is 1. The maximum Gasteiger partial charge on any atom is 0.255 e. The van der Waals surface area contributed by atoms with Crippen LogP contribution < -0.4 is 0 Å². The van der Waals surface area contributed by atoms with Crippen molar-refractivity contribution in [1.29, 1.82) is 0 Å². The average Bonchev–Trinajstić information content (AvgIpc) is 2.64. The number of aliphatic hydroxyl groups excluding tert-OH is 1. The standard InChI is InChI=1S/C19H26N2O3S/c1-25-16-6-3-2-5-15(16)18(24)21-10-4-8-19(14-21)9-7-17(23)20(13-19)11-12-22/h2-3,5-6,22H,4,7-14H2,1H3/t19-/m1/s1. The van der Waals surface area contributed by atoms with E-state index in [1.165, 1.54) is 0 Å². The molecule has 1 spiro atoms. The molecule has 5 nitrogen and oxygen atoms in total. The van der Waals surface area contributed by atoms with Crippen molar-refractivity contribution in [3.05, 3.63) is 29.8 Å². The van der Waals surface area contributed by atoms with Crippen molar-refractivity contribution in [2.24, 2.45) is 5.41 Å². The Balaban J connectivity index is 1.76. The van der Waals surface area contributed by atoms with Gasteiger partial charge in [0, 0.05) is 42.9 Å². The lowest BCUT2D eigenvalue weighted by atomic mass is 9.73. The van der Waals surface area contributed by atoms with Gasteiger partial charge in [0.2, 0.25) is 5.91 Å². The second-order valence-corrected chi connectivity index (χ2v) is 7.92. The predicted molar refractivity (Wildman–Crippen MR) is 98.7 cm³/mol. The smallest absolute Gasteiger partial charge is 0.255 e. The Kier molecular flexibility index (Phi) is 5.69. The zero-order valence-electron chi connectivity index (χ0n) is 14.7. The van der Waals surface area contributed by atoms with Gasteiger partial charge in [0.05, 0.1) is 12.2 Å². The Bertz CT molecular complexity index is 651. The Labute approximate surface area is 153 Å². The Morgan fingerprint density at radius 3 is 2.84 bits per heavy atom. The number of piperidine rings is 2. The van der Waals surface area contributed by atoms with E-state index in [9.17, 15) is 14.7 Å². The van der Waals surface area contributed by atoms with Crippen LogP contribution in [-0.4, -0.2) is 65.8 Å². The van der Waals surface area contributed by atoms with Crippen LogP contribution in [0.1, 0.15) is 36.0 Å². The van der Waals surface area contributed by atoms with E-state index < -0.39 is 0 Å². The molecule has 0 unspecified atom stereocenters. The first-order chi connectivity index (χ1) is 12.1. The van der Waals surface area contributed by atoms with Gasteiger partial charge in [-0.3, -0.25) is 9.59 Å². The summed E-state index contributed by atoms with van der Waals surface area (Å²) in [6, 6.07) is 7.76. The van der Waals surface area contributed by atoms with E-state index in [-0.39, 0.29) is 23.8 Å². The van der Waals surface area contributed by atoms with Crippen LogP contribution in [0.4, 0.5) is 0 Å². The topological polar surface area (TPSA) is 60.9 Å². The van der Waals surface area contributed by atoms with Crippen molar-refractivity contribution in [2.75, 3.05) is 39.0 Å². The number of amides is 2. The van der Waals surface area contributed by atoms with E-state index in [1.807, 2.05) is 35.4 Å². The van der Waals surface area contributed by atoms with Crippen molar-refractivity contribution in [2.45, 2.75) is 30.6 Å². The van der Waals surface area contributed by atoms with Crippen LogP contribution in [0.5, 0.6) is 0 Å². The molecule has 0 saturated carbocycles. The van der Waals surface area contributed by atoms with Crippen molar-refractivity contribution >= 4 is 23.6 Å². The van der Waals surface area contributed by atoms with Crippen molar-refractivity contribution < 1.29 is 14.7 Å². The van der Waals surface area contributed by atoms with E-state index in [0.717, 1.165) is 36.3 Å². The quantitative estimate of drug-likeness (QED) is 0.835. The number of rotatable bonds is 4. The maximum atomic E-state index is 13.1. The molecule has 1 aromatic carbocycles. The first kappa shape index (κ1) is 18.3. The minimum absolute atomic E-state index is 0.00837. The molecule has 136 valence electrons. The number of aliphatic hydroxyl groups is 1. The van der Waals surface area contributed by atoms with Gasteiger partial charge in [-0.1, -0.05) is 12.1 Å². The van der Waals surface area contributed by atoms with E-state index in [2.05, 4.69) is 0 Å². The molecule has 0 radical (unpaired) electrons. The number of hydrogen-bond donors (Lipinski definition) is 1. The van der Waals surface area contributed by atoms with Gasteiger partial charge >= 0.3 is 0 Å². The molecule has 1 N–H and O–H groups in total. The van der Waals surface area contributed by atoms with Crippen LogP contribution in [0.3, 0.4) is 0 Å². The number of carbonyl (C=O) groups excluding carboxylic acids is 2. The first-order valence-corrected chi connectivity index (χ1v) is 10.1. The van der Waals surface area contributed by atoms with Gasteiger partial charge in [-0.25, -0.2) is 0 Å². The summed E-state index contributed by atoms with van der Waals surface area (Å²) in [6.07, 6.45) is 5.35. The molecule has 2 aliphatic rings. The minimum atomic E-state index is -0.0225. The molecular weight excluding hydrogens is 336 g/mol. The molecule has 0 aliphatic carbocycles. The van der Waals surface area contributed by atoms with Crippen LogP contribution in [0.15, 0.2) is 29.2 Å². The first-order valence-electron chi connectivity index (χ1n) is 8.89. The summed E-state index contributed by atoms with van der Waals surface area (Å²) < 4.78 is 0. The molecule has 1 atom stereocenters. The Morgan fingerprint density at radius 2 is 2.08 bits per heavy atom. The second kappa shape index (κ2) is 7.79. The molecule has 2 amide bonds. The highest BCUT2D eigenvalue weighted by molar-refractivity contribution is 7.98. The number of likely N-dealkylation sites (tertiary alicyclic amines) is 2. The van der Waals surface area contributed by atoms with Crippen LogP contribution in [0, 0.1) is 5.41 Å². The lowest BCUT2D eigenvalue weighted by molar-refractivity contribution is -0.139. The van der Waals surface area contributed by atoms with E-state index in [4.69, 9.17) is 0 Å². The molecule has 2 fully saturated rings. The molecule has 6 heteroatoms. The summed E-state index contributed by atoms with van der Waals surface area (Å²) in [5, 5.41) is 9.21. The van der Waals surface area contributed by atoms with Crippen molar-refractivity contribution in [1.82, 2.24) is 9.80 Å². The van der Waals surface area contributed by atoms with E-state index in [1.54, 1.807) is 16.7 Å². The van der Waals surface area contributed by atoms with Crippen LogP contribution in [0.2, 0.25) is 0 Å². The van der Waals surface area contributed by atoms with Gasteiger partial charge in [-0.15, -0.1) is 11.8 Å². The summed E-state index contributed by atoms with van der Waals surface area (Å²) in [5.41, 5.74) is 0.747. The van der Waals surface area contributed by atoms with Crippen molar-refractivity contribution in [3.8, 4) is 0 Å². The van der Waals surface area contributed by atoms with Gasteiger partial charge in [0.15, 0.2) is 0 Å². The minimum Gasteiger partial charge on any atom is -0.395 e. The highest BCUT2D eigenvalue weighted by Crippen LogP contribution is 2.39. The summed E-state index contributed by atoms with van der Waals surface area (Å²) >= 11 is 1.59. The molecule has 2 saturated heterocycles. The van der Waals surface area contributed by atoms with E-state index in [0.29, 0.717) is 26.1 Å². The van der Waals surface area contributed by atoms with Gasteiger partial charge < -0.3 is 14.9 Å². The SMILES string of the molecule is CSc1ccccc1C(=O)N1CCC[C@]2(CCC(=O)N(CCO)C2)C1. The highest BCUT2D eigenvalue weighted by atomic mass is 32.2.